The number of carbonyl (C=O) groups excluding carboxylic acids is 1. The average molecular weight is 569 g/mol. The van der Waals surface area contributed by atoms with E-state index in [2.05, 4.69) is 26.6 Å². The van der Waals surface area contributed by atoms with Crippen LogP contribution in [0.2, 0.25) is 0 Å². The summed E-state index contributed by atoms with van der Waals surface area (Å²) in [6, 6.07) is 13.8. The molecular weight excluding hydrogens is 546 g/mol. The Morgan fingerprint density at radius 1 is 1.17 bits per heavy atom. The molecule has 0 saturated heterocycles. The Kier molecular flexibility index (Phi) is 6.22. The maximum atomic E-state index is 13.7. The van der Waals surface area contributed by atoms with Gasteiger partial charge in [0, 0.05) is 33.1 Å². The van der Waals surface area contributed by atoms with E-state index in [4.69, 9.17) is 9.72 Å². The lowest BCUT2D eigenvalue weighted by molar-refractivity contribution is -0.688. The van der Waals surface area contributed by atoms with Crippen molar-refractivity contribution in [2.45, 2.75) is 45.1 Å². The fourth-order valence-electron chi connectivity index (χ4n) is 5.23. The highest BCUT2D eigenvalue weighted by atomic mass is 79.9. The molecule has 1 atom stereocenters. The molecule has 4 aromatic rings. The van der Waals surface area contributed by atoms with Gasteiger partial charge in [0.2, 0.25) is 0 Å². The van der Waals surface area contributed by atoms with Gasteiger partial charge in [-0.2, -0.15) is 0 Å². The highest BCUT2D eigenvalue weighted by Crippen LogP contribution is 2.40. The maximum Gasteiger partial charge on any atom is 0.309 e. The Morgan fingerprint density at radius 3 is 2.69 bits per heavy atom. The molecule has 0 spiro atoms. The van der Waals surface area contributed by atoms with Crippen molar-refractivity contribution in [3.63, 3.8) is 0 Å². The second kappa shape index (κ2) is 9.10. The van der Waals surface area contributed by atoms with E-state index >= 15 is 0 Å². The highest BCUT2D eigenvalue weighted by Gasteiger charge is 2.40. The largest absolute Gasteiger partial charge is 1.00 e. The smallest absolute Gasteiger partial charge is 0.309 e. The van der Waals surface area contributed by atoms with Crippen molar-refractivity contribution in [1.82, 2.24) is 9.55 Å². The van der Waals surface area contributed by atoms with Gasteiger partial charge in [0.05, 0.1) is 35.4 Å². The van der Waals surface area contributed by atoms with Gasteiger partial charge in [-0.25, -0.2) is 9.55 Å². The van der Waals surface area contributed by atoms with Crippen molar-refractivity contribution in [2.24, 2.45) is 0 Å². The zero-order valence-electron chi connectivity index (χ0n) is 19.5. The first-order chi connectivity index (χ1) is 16.9. The molecule has 1 N–H and O–H groups in total. The zero-order chi connectivity index (χ0) is 24.3. The van der Waals surface area contributed by atoms with Crippen molar-refractivity contribution in [3.05, 3.63) is 91.9 Å². The summed E-state index contributed by atoms with van der Waals surface area (Å²) < 4.78 is 10.0. The van der Waals surface area contributed by atoms with Gasteiger partial charge in [0.25, 0.3) is 5.56 Å². The predicted molar refractivity (Wildman–Crippen MR) is 133 cm³/mol. The summed E-state index contributed by atoms with van der Waals surface area (Å²) in [4.78, 5) is 30.8. The molecule has 0 saturated carbocycles. The first-order valence-corrected chi connectivity index (χ1v) is 12.4. The van der Waals surface area contributed by atoms with Crippen molar-refractivity contribution >= 4 is 32.8 Å². The summed E-state index contributed by atoms with van der Waals surface area (Å²) in [7, 11) is 0. The van der Waals surface area contributed by atoms with Crippen LogP contribution in [0.3, 0.4) is 0 Å². The van der Waals surface area contributed by atoms with Gasteiger partial charge in [-0.1, -0.05) is 28.9 Å². The third-order valence-electron chi connectivity index (χ3n) is 7.14. The number of hydrogen-bond donors (Lipinski definition) is 1. The van der Waals surface area contributed by atoms with E-state index in [1.807, 2.05) is 48.8 Å². The lowest BCUT2D eigenvalue weighted by atomic mass is 9.85. The van der Waals surface area contributed by atoms with Crippen molar-refractivity contribution in [3.8, 4) is 11.4 Å². The summed E-state index contributed by atoms with van der Waals surface area (Å²) >= 11 is 3.59. The minimum absolute atomic E-state index is 0. The summed E-state index contributed by atoms with van der Waals surface area (Å²) in [6.07, 6.45) is 4.15. The number of rotatable bonds is 3. The van der Waals surface area contributed by atoms with Crippen LogP contribution < -0.4 is 22.5 Å². The third kappa shape index (κ3) is 3.84. The molecule has 36 heavy (non-hydrogen) atoms. The van der Waals surface area contributed by atoms with Crippen LogP contribution in [0.4, 0.5) is 0 Å². The fraction of sp³-hybridized carbons (Fsp3) is 0.259. The SMILES string of the molecule is CCC1(O)CC(=O)OCc2c1cc1n(c2=O)Cc2c-1nc1ccc(Br)cc1c2C[n+]1ccccc1.[Cl-]. The van der Waals surface area contributed by atoms with Gasteiger partial charge in [-0.3, -0.25) is 9.59 Å². The fourth-order valence-corrected chi connectivity index (χ4v) is 5.60. The molecule has 1 unspecified atom stereocenters. The van der Waals surface area contributed by atoms with Crippen LogP contribution in [0.25, 0.3) is 22.3 Å². The molecule has 2 aliphatic heterocycles. The van der Waals surface area contributed by atoms with Crippen LogP contribution in [-0.2, 0) is 34.8 Å². The van der Waals surface area contributed by atoms with Gasteiger partial charge in [-0.15, -0.1) is 0 Å². The molecular formula is C27H23BrClN3O4. The molecule has 2 aliphatic rings. The lowest BCUT2D eigenvalue weighted by Crippen LogP contribution is -3.00. The van der Waals surface area contributed by atoms with Crippen molar-refractivity contribution in [1.29, 1.82) is 0 Å². The van der Waals surface area contributed by atoms with E-state index in [0.717, 1.165) is 32.2 Å². The quantitative estimate of drug-likeness (QED) is 0.254. The number of nitrogens with zero attached hydrogens (tertiary/aromatic N) is 3. The molecule has 0 amide bonds. The Labute approximate surface area is 221 Å². The maximum absolute atomic E-state index is 13.7. The van der Waals surface area contributed by atoms with Crippen LogP contribution in [0, 0.1) is 0 Å². The van der Waals surface area contributed by atoms with Gasteiger partial charge in [0.15, 0.2) is 18.9 Å². The molecule has 5 heterocycles. The van der Waals surface area contributed by atoms with E-state index in [9.17, 15) is 14.7 Å². The summed E-state index contributed by atoms with van der Waals surface area (Å²) in [5, 5.41) is 12.4. The minimum Gasteiger partial charge on any atom is -1.00 e. The minimum atomic E-state index is -1.45. The normalized spacial score (nSPS) is 18.0. The van der Waals surface area contributed by atoms with Gasteiger partial charge in [-0.05, 0) is 36.2 Å². The van der Waals surface area contributed by atoms with E-state index in [-0.39, 0.29) is 31.0 Å². The lowest BCUT2D eigenvalue weighted by Gasteiger charge is -2.26. The molecule has 7 nitrogen and oxygen atoms in total. The first-order valence-electron chi connectivity index (χ1n) is 11.6. The number of pyridine rings is 3. The number of carbonyl (C=O) groups is 1. The standard InChI is InChI=1S/C27H23BrN3O4.ClH/c1-2-27(34)12-24(32)35-15-20-21(27)11-23-25-19(14-31(23)26(20)33)18(13-30-8-4-3-5-9-30)17-10-16(28)6-7-22(17)29-25;/h3-11,34H,2,12-15H2,1H3;1H/q+1;/p-1. The number of aliphatic hydroxyl groups is 1. The van der Waals surface area contributed by atoms with Crippen LogP contribution in [0.5, 0.6) is 0 Å². The number of esters is 1. The van der Waals surface area contributed by atoms with Crippen molar-refractivity contribution in [2.75, 3.05) is 0 Å². The van der Waals surface area contributed by atoms with E-state index in [1.165, 1.54) is 0 Å². The molecule has 0 fully saturated rings. The number of fused-ring (bicyclic) bond motifs is 5. The number of benzene rings is 1. The van der Waals surface area contributed by atoms with Crippen LogP contribution in [0.1, 0.15) is 42.0 Å². The predicted octanol–water partition coefficient (Wildman–Crippen LogP) is 0.572. The number of cyclic esters (lactones) is 1. The van der Waals surface area contributed by atoms with Crippen LogP contribution in [0.15, 0.2) is 64.1 Å². The third-order valence-corrected chi connectivity index (χ3v) is 7.64. The van der Waals surface area contributed by atoms with Gasteiger partial charge in [0.1, 0.15) is 12.2 Å². The summed E-state index contributed by atoms with van der Waals surface area (Å²) in [5.41, 5.74) is 3.41. The summed E-state index contributed by atoms with van der Waals surface area (Å²) in [5.74, 6) is -0.507. The van der Waals surface area contributed by atoms with Gasteiger partial charge >= 0.3 is 5.97 Å². The monoisotopic (exact) mass is 567 g/mol. The average Bonchev–Trinajstić information content (AvgIpc) is 3.16. The number of halogens is 2. The van der Waals surface area contributed by atoms with E-state index in [1.54, 1.807) is 11.5 Å². The molecule has 6 rings (SSSR count). The zero-order valence-corrected chi connectivity index (χ0v) is 21.8. The molecule has 9 heteroatoms. The number of hydrogen-bond acceptors (Lipinski definition) is 5. The Balaban J connectivity index is 0.00000267. The topological polar surface area (TPSA) is 85.3 Å². The molecule has 0 radical (unpaired) electrons. The van der Waals surface area contributed by atoms with Crippen molar-refractivity contribution < 1.29 is 31.6 Å². The second-order valence-corrected chi connectivity index (χ2v) is 10.1. The van der Waals surface area contributed by atoms with Crippen LogP contribution >= 0.6 is 15.9 Å². The Morgan fingerprint density at radius 2 is 1.94 bits per heavy atom. The molecule has 1 aromatic carbocycles. The molecule has 3 aromatic heterocycles. The number of aromatic nitrogens is 3. The van der Waals surface area contributed by atoms with E-state index in [0.29, 0.717) is 36.3 Å². The first kappa shape index (κ1) is 24.6. The molecule has 184 valence electrons. The van der Waals surface area contributed by atoms with E-state index < -0.39 is 11.6 Å². The Bertz CT molecular complexity index is 1590. The summed E-state index contributed by atoms with van der Waals surface area (Å²) in [6.45, 7) is 2.66. The molecule has 0 bridgehead atoms. The van der Waals surface area contributed by atoms with Crippen LogP contribution in [-0.4, -0.2) is 20.6 Å². The Hall–Kier alpha value is -3.07. The highest BCUT2D eigenvalue weighted by molar-refractivity contribution is 9.10. The second-order valence-electron chi connectivity index (χ2n) is 9.16. The molecule has 0 aliphatic carbocycles. The van der Waals surface area contributed by atoms with Gasteiger partial charge < -0.3 is 26.8 Å². The number of ether oxygens (including phenoxy) is 1.